The van der Waals surface area contributed by atoms with Gasteiger partial charge in [-0.15, -0.1) is 0 Å². The van der Waals surface area contributed by atoms with Gasteiger partial charge in [-0.2, -0.15) is 4.31 Å². The number of hydrogen-bond donors (Lipinski definition) is 1. The monoisotopic (exact) mass is 311 g/mol. The minimum Gasteiger partial charge on any atom is -0.339 e. The molecule has 1 aliphatic heterocycles. The number of amides is 1. The summed E-state index contributed by atoms with van der Waals surface area (Å²) in [6.45, 7) is 5.20. The molecule has 21 heavy (non-hydrogen) atoms. The molecule has 0 aromatic heterocycles. The third-order valence-corrected chi connectivity index (χ3v) is 5.78. The van der Waals surface area contributed by atoms with Crippen LogP contribution in [0.4, 0.5) is 0 Å². The van der Waals surface area contributed by atoms with Gasteiger partial charge in [-0.05, 0) is 37.1 Å². The molecule has 2 N–H and O–H groups in total. The fraction of sp³-hybridized carbons (Fsp3) is 0.500. The Labute approximate surface area is 125 Å². The average molecular weight is 311 g/mol. The number of aryl methyl sites for hydroxylation is 2. The second-order valence-electron chi connectivity index (χ2n) is 5.24. The highest BCUT2D eigenvalue weighted by atomic mass is 32.2. The molecule has 116 valence electrons. The number of nitrogens with zero attached hydrogens (tertiary/aromatic N) is 2. The first kappa shape index (κ1) is 15.9. The Hall–Kier alpha value is -1.44. The predicted octanol–water partition coefficient (Wildman–Crippen LogP) is 0.0950. The number of rotatable bonds is 3. The SMILES string of the molecule is Cc1ccc(S(=O)(=O)N2CCN(C(=O)CN)CC2)cc1C. The molecule has 0 spiro atoms. The van der Waals surface area contributed by atoms with E-state index in [0.29, 0.717) is 31.1 Å². The summed E-state index contributed by atoms with van der Waals surface area (Å²) in [7, 11) is -3.49. The van der Waals surface area contributed by atoms with Crippen LogP contribution in [0, 0.1) is 13.8 Å². The largest absolute Gasteiger partial charge is 0.339 e. The first-order valence-electron chi connectivity index (χ1n) is 6.91. The van der Waals surface area contributed by atoms with Crippen molar-refractivity contribution >= 4 is 15.9 Å². The maximum atomic E-state index is 12.6. The molecule has 1 heterocycles. The lowest BCUT2D eigenvalue weighted by Crippen LogP contribution is -2.51. The highest BCUT2D eigenvalue weighted by Gasteiger charge is 2.29. The maximum absolute atomic E-state index is 12.6. The third kappa shape index (κ3) is 3.25. The molecule has 6 nitrogen and oxygen atoms in total. The highest BCUT2D eigenvalue weighted by Crippen LogP contribution is 2.20. The van der Waals surface area contributed by atoms with Crippen molar-refractivity contribution in [3.05, 3.63) is 29.3 Å². The highest BCUT2D eigenvalue weighted by molar-refractivity contribution is 7.89. The summed E-state index contributed by atoms with van der Waals surface area (Å²) < 4.78 is 26.6. The molecular formula is C14H21N3O3S. The molecule has 7 heteroatoms. The van der Waals surface area contributed by atoms with Gasteiger partial charge in [0.25, 0.3) is 0 Å². The van der Waals surface area contributed by atoms with Gasteiger partial charge in [0.1, 0.15) is 0 Å². The molecular weight excluding hydrogens is 290 g/mol. The van der Waals surface area contributed by atoms with Crippen molar-refractivity contribution in [3.8, 4) is 0 Å². The molecule has 0 atom stereocenters. The van der Waals surface area contributed by atoms with Crippen LogP contribution >= 0.6 is 0 Å². The van der Waals surface area contributed by atoms with Gasteiger partial charge in [-0.1, -0.05) is 6.07 Å². The van der Waals surface area contributed by atoms with E-state index in [2.05, 4.69) is 0 Å². The smallest absolute Gasteiger partial charge is 0.243 e. The standard InChI is InChI=1S/C14H21N3O3S/c1-11-3-4-13(9-12(11)2)21(19,20)17-7-5-16(6-8-17)14(18)10-15/h3-4,9H,5-8,10,15H2,1-2H3. The fourth-order valence-corrected chi connectivity index (χ4v) is 3.84. The lowest BCUT2D eigenvalue weighted by atomic mass is 10.1. The maximum Gasteiger partial charge on any atom is 0.243 e. The summed E-state index contributed by atoms with van der Waals surface area (Å²) >= 11 is 0. The second kappa shape index (κ2) is 6.13. The van der Waals surface area contributed by atoms with Crippen molar-refractivity contribution in [2.24, 2.45) is 5.73 Å². The first-order valence-corrected chi connectivity index (χ1v) is 8.35. The van der Waals surface area contributed by atoms with Crippen molar-refractivity contribution in [2.75, 3.05) is 32.7 Å². The number of nitrogens with two attached hydrogens (primary N) is 1. The molecule has 2 rings (SSSR count). The van der Waals surface area contributed by atoms with Crippen molar-refractivity contribution < 1.29 is 13.2 Å². The van der Waals surface area contributed by atoms with E-state index in [0.717, 1.165) is 11.1 Å². The molecule has 1 saturated heterocycles. The van der Waals surface area contributed by atoms with Crippen LogP contribution in [0.15, 0.2) is 23.1 Å². The summed E-state index contributed by atoms with van der Waals surface area (Å²) in [5, 5.41) is 0. The van der Waals surface area contributed by atoms with Gasteiger partial charge in [0, 0.05) is 26.2 Å². The Morgan fingerprint density at radius 1 is 1.14 bits per heavy atom. The van der Waals surface area contributed by atoms with E-state index in [1.165, 1.54) is 4.31 Å². The quantitative estimate of drug-likeness (QED) is 0.858. The molecule has 0 radical (unpaired) electrons. The van der Waals surface area contributed by atoms with Gasteiger partial charge in [0.2, 0.25) is 15.9 Å². The number of hydrogen-bond acceptors (Lipinski definition) is 4. The zero-order valence-corrected chi connectivity index (χ0v) is 13.2. The Kier molecular flexibility index (Phi) is 4.65. The Morgan fingerprint density at radius 3 is 2.29 bits per heavy atom. The Balaban J connectivity index is 2.14. The first-order chi connectivity index (χ1) is 9.86. The lowest BCUT2D eigenvalue weighted by Gasteiger charge is -2.33. The minimum atomic E-state index is -3.49. The number of sulfonamides is 1. The Morgan fingerprint density at radius 2 is 1.76 bits per heavy atom. The van der Waals surface area contributed by atoms with E-state index in [9.17, 15) is 13.2 Å². The molecule has 1 aromatic carbocycles. The van der Waals surface area contributed by atoms with Gasteiger partial charge in [0.15, 0.2) is 0 Å². The van der Waals surface area contributed by atoms with Crippen LogP contribution in [0.2, 0.25) is 0 Å². The molecule has 1 aliphatic rings. The van der Waals surface area contributed by atoms with Crippen molar-refractivity contribution in [1.82, 2.24) is 9.21 Å². The number of benzene rings is 1. The molecule has 1 aromatic rings. The van der Waals surface area contributed by atoms with Gasteiger partial charge in [-0.25, -0.2) is 8.42 Å². The number of carbonyl (C=O) groups is 1. The van der Waals surface area contributed by atoms with Crippen LogP contribution in [-0.4, -0.2) is 56.3 Å². The molecule has 0 bridgehead atoms. The second-order valence-corrected chi connectivity index (χ2v) is 7.17. The summed E-state index contributed by atoms with van der Waals surface area (Å²) in [4.78, 5) is 13.4. The van der Waals surface area contributed by atoms with E-state index in [1.54, 1.807) is 17.0 Å². The lowest BCUT2D eigenvalue weighted by molar-refractivity contribution is -0.130. The third-order valence-electron chi connectivity index (χ3n) is 3.88. The summed E-state index contributed by atoms with van der Waals surface area (Å²) in [6.07, 6.45) is 0. The number of piperazine rings is 1. The molecule has 0 unspecified atom stereocenters. The zero-order valence-electron chi connectivity index (χ0n) is 12.4. The van der Waals surface area contributed by atoms with E-state index >= 15 is 0 Å². The van der Waals surface area contributed by atoms with Crippen LogP contribution in [-0.2, 0) is 14.8 Å². The molecule has 0 saturated carbocycles. The van der Waals surface area contributed by atoms with Crippen LogP contribution in [0.3, 0.4) is 0 Å². The molecule has 1 amide bonds. The average Bonchev–Trinajstić information content (AvgIpc) is 2.49. The molecule has 0 aliphatic carbocycles. The van der Waals surface area contributed by atoms with Crippen LogP contribution in [0.25, 0.3) is 0 Å². The van der Waals surface area contributed by atoms with E-state index in [1.807, 2.05) is 19.9 Å². The molecule has 1 fully saturated rings. The summed E-state index contributed by atoms with van der Waals surface area (Å²) in [5.74, 6) is -0.141. The normalized spacial score (nSPS) is 17.0. The van der Waals surface area contributed by atoms with Crippen LogP contribution in [0.1, 0.15) is 11.1 Å². The Bertz CT molecular complexity index is 635. The van der Waals surface area contributed by atoms with Crippen LogP contribution < -0.4 is 5.73 Å². The summed E-state index contributed by atoms with van der Waals surface area (Å²) in [6, 6.07) is 5.15. The van der Waals surface area contributed by atoms with E-state index < -0.39 is 10.0 Å². The van der Waals surface area contributed by atoms with Crippen molar-refractivity contribution in [2.45, 2.75) is 18.7 Å². The van der Waals surface area contributed by atoms with Gasteiger partial charge >= 0.3 is 0 Å². The topological polar surface area (TPSA) is 83.7 Å². The van der Waals surface area contributed by atoms with Crippen molar-refractivity contribution in [3.63, 3.8) is 0 Å². The van der Waals surface area contributed by atoms with Crippen molar-refractivity contribution in [1.29, 1.82) is 0 Å². The minimum absolute atomic E-state index is 0.0378. The van der Waals surface area contributed by atoms with E-state index in [-0.39, 0.29) is 12.5 Å². The summed E-state index contributed by atoms with van der Waals surface area (Å²) in [5.41, 5.74) is 7.34. The van der Waals surface area contributed by atoms with Gasteiger partial charge in [-0.3, -0.25) is 4.79 Å². The fourth-order valence-electron chi connectivity index (χ4n) is 2.33. The van der Waals surface area contributed by atoms with Gasteiger partial charge in [0.05, 0.1) is 11.4 Å². The van der Waals surface area contributed by atoms with Crippen LogP contribution in [0.5, 0.6) is 0 Å². The number of carbonyl (C=O) groups excluding carboxylic acids is 1. The zero-order chi connectivity index (χ0) is 15.6. The van der Waals surface area contributed by atoms with E-state index in [4.69, 9.17) is 5.73 Å². The predicted molar refractivity (Wildman–Crippen MR) is 80.3 cm³/mol. The van der Waals surface area contributed by atoms with Gasteiger partial charge < -0.3 is 10.6 Å².